The zero-order chi connectivity index (χ0) is 14.4. The number of rotatable bonds is 6. The van der Waals surface area contributed by atoms with Crippen LogP contribution in [0.4, 0.5) is 0 Å². The third-order valence-corrected chi connectivity index (χ3v) is 3.00. The normalized spacial score (nSPS) is 14.8. The summed E-state index contributed by atoms with van der Waals surface area (Å²) in [6, 6.07) is 6.71. The molecular formula is C16H18N2O2. The van der Waals surface area contributed by atoms with Gasteiger partial charge in [-0.2, -0.15) is 0 Å². The van der Waals surface area contributed by atoms with Crippen molar-refractivity contribution in [1.29, 1.82) is 0 Å². The number of carbonyl (C=O) groups excluding carboxylic acids is 1. The number of nitrogens with two attached hydrogens (primary N) is 1. The summed E-state index contributed by atoms with van der Waals surface area (Å²) in [5.74, 6) is 0.0179. The first-order chi connectivity index (χ1) is 9.70. The minimum absolute atomic E-state index is 0.0163. The second-order valence-corrected chi connectivity index (χ2v) is 4.52. The fourth-order valence-corrected chi connectivity index (χ4v) is 1.94. The maximum Gasteiger partial charge on any atom is 0.168 e. The lowest BCUT2D eigenvalue weighted by atomic mass is 10.0. The molecule has 0 bridgehead atoms. The van der Waals surface area contributed by atoms with Crippen molar-refractivity contribution in [3.8, 4) is 5.75 Å². The van der Waals surface area contributed by atoms with Gasteiger partial charge in [0.15, 0.2) is 5.78 Å². The second-order valence-electron chi connectivity index (χ2n) is 4.52. The SMILES string of the molecule is NCCN/C(=C\C(=O)C1C=CC=C1)c1ccc(O)cc1. The summed E-state index contributed by atoms with van der Waals surface area (Å²) in [4.78, 5) is 12.2. The molecule has 4 N–H and O–H groups in total. The third kappa shape index (κ3) is 3.59. The van der Waals surface area contributed by atoms with Gasteiger partial charge < -0.3 is 16.2 Å². The van der Waals surface area contributed by atoms with E-state index in [4.69, 9.17) is 5.73 Å². The average molecular weight is 270 g/mol. The predicted octanol–water partition coefficient (Wildman–Crippen LogP) is 1.59. The number of carbonyl (C=O) groups is 1. The third-order valence-electron chi connectivity index (χ3n) is 3.00. The maximum absolute atomic E-state index is 12.2. The lowest BCUT2D eigenvalue weighted by molar-refractivity contribution is -0.115. The zero-order valence-electron chi connectivity index (χ0n) is 11.1. The van der Waals surface area contributed by atoms with Crippen molar-refractivity contribution in [1.82, 2.24) is 5.32 Å². The Labute approximate surface area is 118 Å². The number of phenols is 1. The predicted molar refractivity (Wildman–Crippen MR) is 79.9 cm³/mol. The summed E-state index contributed by atoms with van der Waals surface area (Å²) in [6.07, 6.45) is 9.03. The van der Waals surface area contributed by atoms with Crippen molar-refractivity contribution < 1.29 is 9.90 Å². The van der Waals surface area contributed by atoms with Crippen LogP contribution in [0.1, 0.15) is 5.56 Å². The second kappa shape index (κ2) is 6.73. The fraction of sp³-hybridized carbons (Fsp3) is 0.188. The molecule has 20 heavy (non-hydrogen) atoms. The van der Waals surface area contributed by atoms with Gasteiger partial charge in [-0.05, 0) is 29.8 Å². The van der Waals surface area contributed by atoms with Crippen LogP contribution < -0.4 is 11.1 Å². The first kappa shape index (κ1) is 14.1. The molecule has 0 unspecified atom stereocenters. The highest BCUT2D eigenvalue weighted by Crippen LogP contribution is 2.18. The molecule has 0 saturated carbocycles. The minimum Gasteiger partial charge on any atom is -0.508 e. The van der Waals surface area contributed by atoms with Crippen LogP contribution in [0, 0.1) is 5.92 Å². The van der Waals surface area contributed by atoms with E-state index < -0.39 is 0 Å². The zero-order valence-corrected chi connectivity index (χ0v) is 11.1. The van der Waals surface area contributed by atoms with Gasteiger partial charge in [0.05, 0.1) is 5.92 Å². The molecular weight excluding hydrogens is 252 g/mol. The summed E-state index contributed by atoms with van der Waals surface area (Å²) in [5.41, 5.74) is 7.05. The Bertz CT molecular complexity index is 544. The number of aromatic hydroxyl groups is 1. The van der Waals surface area contributed by atoms with Crippen LogP contribution in [-0.2, 0) is 4.79 Å². The number of allylic oxidation sites excluding steroid dienone is 5. The molecule has 4 nitrogen and oxygen atoms in total. The molecule has 4 heteroatoms. The van der Waals surface area contributed by atoms with E-state index in [0.717, 1.165) is 5.56 Å². The van der Waals surface area contributed by atoms with E-state index in [1.807, 2.05) is 24.3 Å². The van der Waals surface area contributed by atoms with Crippen LogP contribution in [0.5, 0.6) is 5.75 Å². The van der Waals surface area contributed by atoms with Gasteiger partial charge in [0, 0.05) is 24.9 Å². The van der Waals surface area contributed by atoms with Gasteiger partial charge in [-0.1, -0.05) is 24.3 Å². The first-order valence-corrected chi connectivity index (χ1v) is 6.54. The highest BCUT2D eigenvalue weighted by Gasteiger charge is 2.13. The number of ketones is 1. The number of benzene rings is 1. The van der Waals surface area contributed by atoms with E-state index in [0.29, 0.717) is 18.8 Å². The van der Waals surface area contributed by atoms with E-state index in [-0.39, 0.29) is 17.5 Å². The highest BCUT2D eigenvalue weighted by molar-refractivity contribution is 6.00. The molecule has 1 aliphatic rings. The van der Waals surface area contributed by atoms with Gasteiger partial charge >= 0.3 is 0 Å². The summed E-state index contributed by atoms with van der Waals surface area (Å²) < 4.78 is 0. The summed E-state index contributed by atoms with van der Waals surface area (Å²) >= 11 is 0. The largest absolute Gasteiger partial charge is 0.508 e. The van der Waals surface area contributed by atoms with E-state index in [2.05, 4.69) is 5.32 Å². The van der Waals surface area contributed by atoms with Gasteiger partial charge in [0.2, 0.25) is 0 Å². The molecule has 0 aromatic heterocycles. The van der Waals surface area contributed by atoms with E-state index >= 15 is 0 Å². The van der Waals surface area contributed by atoms with Crippen LogP contribution in [-0.4, -0.2) is 24.0 Å². The highest BCUT2D eigenvalue weighted by atomic mass is 16.3. The van der Waals surface area contributed by atoms with Crippen molar-refractivity contribution in [2.45, 2.75) is 0 Å². The Hall–Kier alpha value is -2.33. The molecule has 0 aliphatic heterocycles. The Kier molecular flexibility index (Phi) is 4.74. The van der Waals surface area contributed by atoms with Gasteiger partial charge in [0.25, 0.3) is 0 Å². The Morgan fingerprint density at radius 1 is 1.25 bits per heavy atom. The average Bonchev–Trinajstić information content (AvgIpc) is 2.98. The summed E-state index contributed by atoms with van der Waals surface area (Å²) in [7, 11) is 0. The smallest absolute Gasteiger partial charge is 0.168 e. The lowest BCUT2D eigenvalue weighted by Crippen LogP contribution is -2.22. The molecule has 0 saturated heterocycles. The monoisotopic (exact) mass is 270 g/mol. The Balaban J connectivity index is 2.22. The van der Waals surface area contributed by atoms with Gasteiger partial charge in [-0.3, -0.25) is 4.79 Å². The van der Waals surface area contributed by atoms with Crippen LogP contribution >= 0.6 is 0 Å². The van der Waals surface area contributed by atoms with Crippen LogP contribution in [0.15, 0.2) is 54.6 Å². The molecule has 0 amide bonds. The van der Waals surface area contributed by atoms with Crippen molar-refractivity contribution in [3.63, 3.8) is 0 Å². The van der Waals surface area contributed by atoms with Gasteiger partial charge in [0.1, 0.15) is 5.75 Å². The molecule has 0 heterocycles. The topological polar surface area (TPSA) is 75.3 Å². The van der Waals surface area contributed by atoms with E-state index in [1.165, 1.54) is 0 Å². The van der Waals surface area contributed by atoms with Crippen molar-refractivity contribution >= 4 is 11.5 Å². The lowest BCUT2D eigenvalue weighted by Gasteiger charge is -2.11. The van der Waals surface area contributed by atoms with E-state index in [9.17, 15) is 9.90 Å². The molecule has 0 fully saturated rings. The van der Waals surface area contributed by atoms with Crippen LogP contribution in [0.2, 0.25) is 0 Å². The van der Waals surface area contributed by atoms with Gasteiger partial charge in [-0.15, -0.1) is 0 Å². The molecule has 0 atom stereocenters. The molecule has 0 spiro atoms. The van der Waals surface area contributed by atoms with Crippen molar-refractivity contribution in [3.05, 3.63) is 60.2 Å². The number of hydrogen-bond acceptors (Lipinski definition) is 4. The minimum atomic E-state index is -0.193. The Morgan fingerprint density at radius 2 is 1.90 bits per heavy atom. The fourth-order valence-electron chi connectivity index (χ4n) is 1.94. The number of nitrogens with one attached hydrogen (secondary N) is 1. The summed E-state index contributed by atoms with van der Waals surface area (Å²) in [5, 5.41) is 12.5. The number of phenolic OH excluding ortho intramolecular Hbond substituents is 1. The van der Waals surface area contributed by atoms with Crippen LogP contribution in [0.25, 0.3) is 5.70 Å². The molecule has 2 rings (SSSR count). The van der Waals surface area contributed by atoms with Crippen molar-refractivity contribution in [2.24, 2.45) is 11.7 Å². The first-order valence-electron chi connectivity index (χ1n) is 6.54. The molecule has 104 valence electrons. The van der Waals surface area contributed by atoms with Gasteiger partial charge in [-0.25, -0.2) is 0 Å². The molecule has 0 radical (unpaired) electrons. The summed E-state index contributed by atoms with van der Waals surface area (Å²) in [6.45, 7) is 1.06. The van der Waals surface area contributed by atoms with E-state index in [1.54, 1.807) is 30.3 Å². The van der Waals surface area contributed by atoms with Crippen LogP contribution in [0.3, 0.4) is 0 Å². The molecule has 1 aromatic carbocycles. The molecule has 1 aromatic rings. The molecule has 1 aliphatic carbocycles. The number of hydrogen-bond donors (Lipinski definition) is 3. The quantitative estimate of drug-likeness (QED) is 0.686. The Morgan fingerprint density at radius 3 is 2.50 bits per heavy atom. The standard InChI is InChI=1S/C16H18N2O2/c17-9-10-18-15(12-5-7-14(19)8-6-12)11-16(20)13-3-1-2-4-13/h1-8,11,13,18-19H,9-10,17H2/b15-11-. The van der Waals surface area contributed by atoms with Crippen molar-refractivity contribution in [2.75, 3.05) is 13.1 Å². The maximum atomic E-state index is 12.2.